The molecule has 3 rings (SSSR count). The number of urea groups is 1. The van der Waals surface area contributed by atoms with Gasteiger partial charge in [-0.3, -0.25) is 0 Å². The summed E-state index contributed by atoms with van der Waals surface area (Å²) in [5.41, 5.74) is -0.840. The van der Waals surface area contributed by atoms with E-state index in [0.29, 0.717) is 13.0 Å². The fraction of sp³-hybridized carbons (Fsp3) is 0.350. The van der Waals surface area contributed by atoms with Crippen LogP contribution >= 0.6 is 0 Å². The second-order valence-corrected chi connectivity index (χ2v) is 6.88. The van der Waals surface area contributed by atoms with Crippen molar-refractivity contribution < 1.29 is 31.5 Å². The number of ether oxygens (including phenoxy) is 1. The molecule has 1 heterocycles. The van der Waals surface area contributed by atoms with Crippen LogP contribution in [0.2, 0.25) is 0 Å². The third-order valence-corrected chi connectivity index (χ3v) is 4.93. The lowest BCUT2D eigenvalue weighted by Gasteiger charge is -2.33. The van der Waals surface area contributed by atoms with Crippen LogP contribution < -0.4 is 20.7 Å². The quantitative estimate of drug-likeness (QED) is 0.637. The van der Waals surface area contributed by atoms with Crippen molar-refractivity contribution in [1.29, 1.82) is 0 Å². The number of carbonyl (C=O) groups is 1. The Labute approximate surface area is 169 Å². The number of nitrogens with one attached hydrogen (secondary N) is 3. The molecule has 1 aliphatic rings. The van der Waals surface area contributed by atoms with Gasteiger partial charge in [-0.15, -0.1) is 0 Å². The second-order valence-electron chi connectivity index (χ2n) is 6.88. The van der Waals surface area contributed by atoms with E-state index in [-0.39, 0.29) is 23.5 Å². The summed E-state index contributed by atoms with van der Waals surface area (Å²) in [6.07, 6.45) is -4.06. The number of halogens is 5. The highest BCUT2D eigenvalue weighted by Gasteiger charge is 2.33. The lowest BCUT2D eigenvalue weighted by atomic mass is 9.86. The molecular formula is C20H20F5N3O2. The van der Waals surface area contributed by atoms with Gasteiger partial charge in [0.1, 0.15) is 17.4 Å². The average Bonchev–Trinajstić information content (AvgIpc) is 2.68. The molecule has 0 bridgehead atoms. The summed E-state index contributed by atoms with van der Waals surface area (Å²) in [5.74, 6) is -2.20. The topological polar surface area (TPSA) is 62.4 Å². The summed E-state index contributed by atoms with van der Waals surface area (Å²) >= 11 is 0. The Morgan fingerprint density at radius 3 is 2.33 bits per heavy atom. The molecule has 5 nitrogen and oxygen atoms in total. The van der Waals surface area contributed by atoms with E-state index >= 15 is 0 Å². The predicted molar refractivity (Wildman–Crippen MR) is 101 cm³/mol. The Bertz CT molecular complexity index is 879. The van der Waals surface area contributed by atoms with E-state index in [9.17, 15) is 26.7 Å². The molecule has 0 aromatic heterocycles. The first-order chi connectivity index (χ1) is 14.2. The molecule has 0 saturated carbocycles. The van der Waals surface area contributed by atoms with Crippen molar-refractivity contribution in [3.63, 3.8) is 0 Å². The molecule has 1 unspecified atom stereocenters. The predicted octanol–water partition coefficient (Wildman–Crippen LogP) is 4.26. The van der Waals surface area contributed by atoms with Gasteiger partial charge < -0.3 is 20.7 Å². The number of amides is 2. The van der Waals surface area contributed by atoms with Crippen LogP contribution in [0.3, 0.4) is 0 Å². The van der Waals surface area contributed by atoms with E-state index in [2.05, 4.69) is 16.0 Å². The van der Waals surface area contributed by atoms with E-state index in [1.807, 2.05) is 0 Å². The molecule has 2 aromatic carbocycles. The molecule has 30 heavy (non-hydrogen) atoms. The summed E-state index contributed by atoms with van der Waals surface area (Å²) in [5, 5.41) is 8.16. The lowest BCUT2D eigenvalue weighted by molar-refractivity contribution is -0.137. The summed E-state index contributed by atoms with van der Waals surface area (Å²) in [4.78, 5) is 12.3. The Hall–Kier alpha value is -2.88. The normalized spacial score (nSPS) is 19.3. The highest BCUT2D eigenvalue weighted by atomic mass is 19.4. The Balaban J connectivity index is 1.72. The van der Waals surface area contributed by atoms with Gasteiger partial charge in [0, 0.05) is 41.9 Å². The summed E-state index contributed by atoms with van der Waals surface area (Å²) in [7, 11) is 1.30. The third-order valence-electron chi connectivity index (χ3n) is 4.93. The van der Waals surface area contributed by atoms with Gasteiger partial charge in [0.15, 0.2) is 0 Å². The minimum absolute atomic E-state index is 0.0436. The SMILES string of the molecule is COc1cc(F)c(C2CNCC[C@H]2NC(=O)Nc2ccc(C(F)(F)F)cc2)c(F)c1. The maximum atomic E-state index is 14.5. The molecule has 2 amide bonds. The van der Waals surface area contributed by atoms with E-state index in [4.69, 9.17) is 4.74 Å². The second kappa shape index (κ2) is 8.86. The zero-order valence-corrected chi connectivity index (χ0v) is 15.9. The zero-order valence-electron chi connectivity index (χ0n) is 15.9. The van der Waals surface area contributed by atoms with Gasteiger partial charge >= 0.3 is 12.2 Å². The van der Waals surface area contributed by atoms with Crippen LogP contribution in [0, 0.1) is 11.6 Å². The molecule has 0 aliphatic carbocycles. The van der Waals surface area contributed by atoms with Crippen molar-refractivity contribution in [2.24, 2.45) is 0 Å². The number of hydrogen-bond acceptors (Lipinski definition) is 3. The maximum absolute atomic E-state index is 14.5. The molecule has 0 radical (unpaired) electrons. The largest absolute Gasteiger partial charge is 0.497 e. The highest BCUT2D eigenvalue weighted by Crippen LogP contribution is 2.32. The molecule has 162 valence electrons. The number of piperidine rings is 1. The van der Waals surface area contributed by atoms with Crippen LogP contribution in [0.4, 0.5) is 32.4 Å². The van der Waals surface area contributed by atoms with Crippen LogP contribution in [0.25, 0.3) is 0 Å². The first kappa shape index (κ1) is 21.8. The molecule has 1 fully saturated rings. The van der Waals surface area contributed by atoms with Gasteiger partial charge in [0.25, 0.3) is 0 Å². The van der Waals surface area contributed by atoms with Crippen molar-refractivity contribution >= 4 is 11.7 Å². The van der Waals surface area contributed by atoms with Gasteiger partial charge in [-0.05, 0) is 37.2 Å². The standard InChI is InChI=1S/C20H20F5N3O2/c1-30-13-8-15(21)18(16(22)9-13)14-10-26-7-6-17(14)28-19(29)27-12-4-2-11(3-5-12)20(23,24)25/h2-5,8-9,14,17,26H,6-7,10H2,1H3,(H2,27,28,29)/t14?,17-/m1/s1. The number of alkyl halides is 3. The van der Waals surface area contributed by atoms with Crippen LogP contribution in [-0.2, 0) is 6.18 Å². The summed E-state index contributed by atoms with van der Waals surface area (Å²) < 4.78 is 71.8. The number of rotatable bonds is 4. The highest BCUT2D eigenvalue weighted by molar-refractivity contribution is 5.89. The van der Waals surface area contributed by atoms with Gasteiger partial charge in [-0.1, -0.05) is 0 Å². The fourth-order valence-electron chi connectivity index (χ4n) is 3.45. The first-order valence-electron chi connectivity index (χ1n) is 9.17. The zero-order chi connectivity index (χ0) is 21.9. The first-order valence-corrected chi connectivity index (χ1v) is 9.17. The summed E-state index contributed by atoms with van der Waals surface area (Å²) in [6.45, 7) is 0.770. The van der Waals surface area contributed by atoms with Crippen LogP contribution in [0.1, 0.15) is 23.5 Å². The number of anilines is 1. The van der Waals surface area contributed by atoms with Crippen molar-refractivity contribution in [1.82, 2.24) is 10.6 Å². The molecule has 2 aromatic rings. The molecule has 1 aliphatic heterocycles. The molecule has 2 atom stereocenters. The number of benzene rings is 2. The number of hydrogen-bond donors (Lipinski definition) is 3. The van der Waals surface area contributed by atoms with Crippen molar-refractivity contribution in [3.8, 4) is 5.75 Å². The minimum atomic E-state index is -4.48. The van der Waals surface area contributed by atoms with Crippen molar-refractivity contribution in [2.45, 2.75) is 24.6 Å². The maximum Gasteiger partial charge on any atom is 0.416 e. The molecule has 10 heteroatoms. The Morgan fingerprint density at radius 1 is 1.13 bits per heavy atom. The van der Waals surface area contributed by atoms with E-state index in [1.165, 1.54) is 7.11 Å². The molecule has 1 saturated heterocycles. The Morgan fingerprint density at radius 2 is 1.77 bits per heavy atom. The average molecular weight is 429 g/mol. The van der Waals surface area contributed by atoms with E-state index in [1.54, 1.807) is 0 Å². The number of methoxy groups -OCH3 is 1. The van der Waals surface area contributed by atoms with Gasteiger partial charge in [0.2, 0.25) is 0 Å². The van der Waals surface area contributed by atoms with Crippen LogP contribution in [-0.4, -0.2) is 32.3 Å². The minimum Gasteiger partial charge on any atom is -0.497 e. The molecular weight excluding hydrogens is 409 g/mol. The monoisotopic (exact) mass is 429 g/mol. The van der Waals surface area contributed by atoms with E-state index < -0.39 is 41.4 Å². The fourth-order valence-corrected chi connectivity index (χ4v) is 3.45. The third kappa shape index (κ3) is 4.99. The van der Waals surface area contributed by atoms with Crippen LogP contribution in [0.5, 0.6) is 5.75 Å². The van der Waals surface area contributed by atoms with Gasteiger partial charge in [-0.2, -0.15) is 13.2 Å². The molecule has 0 spiro atoms. The lowest BCUT2D eigenvalue weighted by Crippen LogP contribution is -2.49. The number of carbonyl (C=O) groups excluding carboxylic acids is 1. The van der Waals surface area contributed by atoms with Crippen molar-refractivity contribution in [2.75, 3.05) is 25.5 Å². The smallest absolute Gasteiger partial charge is 0.416 e. The summed E-state index contributed by atoms with van der Waals surface area (Å²) in [6, 6.07) is 4.85. The van der Waals surface area contributed by atoms with Gasteiger partial charge in [-0.25, -0.2) is 13.6 Å². The van der Waals surface area contributed by atoms with Crippen LogP contribution in [0.15, 0.2) is 36.4 Å². The Kier molecular flexibility index (Phi) is 6.45. The van der Waals surface area contributed by atoms with Crippen molar-refractivity contribution in [3.05, 3.63) is 59.2 Å². The van der Waals surface area contributed by atoms with Gasteiger partial charge in [0.05, 0.1) is 12.7 Å². The van der Waals surface area contributed by atoms with E-state index in [0.717, 1.165) is 36.4 Å². The molecule has 3 N–H and O–H groups in total.